The summed E-state index contributed by atoms with van der Waals surface area (Å²) in [5.74, 6) is 0. The van der Waals surface area contributed by atoms with Crippen LogP contribution in [0.5, 0.6) is 0 Å². The Morgan fingerprint density at radius 2 is 1.35 bits per heavy atom. The van der Waals surface area contributed by atoms with Crippen LogP contribution >= 0.6 is 23.2 Å². The molecule has 0 unspecified atom stereocenters. The van der Waals surface area contributed by atoms with E-state index in [9.17, 15) is 4.79 Å². The molecule has 0 fully saturated rings. The largest absolute Gasteiger partial charge is 0.322 e. The molecule has 132 valence electrons. The third-order valence-corrected chi connectivity index (χ3v) is 4.44. The van der Waals surface area contributed by atoms with Crippen molar-refractivity contribution in [2.75, 3.05) is 5.32 Å². The molecule has 2 amide bonds. The van der Waals surface area contributed by atoms with Crippen molar-refractivity contribution in [3.05, 3.63) is 100 Å². The number of halogens is 2. The predicted molar refractivity (Wildman–Crippen MR) is 108 cm³/mol. The Morgan fingerprint density at radius 1 is 0.808 bits per heavy atom. The summed E-state index contributed by atoms with van der Waals surface area (Å²) in [5, 5.41) is 3.81. The van der Waals surface area contributed by atoms with Crippen LogP contribution < -0.4 is 5.32 Å². The van der Waals surface area contributed by atoms with Gasteiger partial charge in [0.2, 0.25) is 0 Å². The fourth-order valence-corrected chi connectivity index (χ4v) is 3.05. The molecule has 3 aromatic rings. The summed E-state index contributed by atoms with van der Waals surface area (Å²) in [6.07, 6.45) is 0. The lowest BCUT2D eigenvalue weighted by atomic mass is 10.2. The lowest BCUT2D eigenvalue weighted by molar-refractivity contribution is 0.206. The number of hydrogen-bond donors (Lipinski definition) is 1. The van der Waals surface area contributed by atoms with E-state index in [1.807, 2.05) is 60.7 Å². The number of amides is 2. The summed E-state index contributed by atoms with van der Waals surface area (Å²) in [5.41, 5.74) is 2.65. The normalized spacial score (nSPS) is 10.4. The minimum Gasteiger partial charge on any atom is -0.316 e. The van der Waals surface area contributed by atoms with Crippen LogP contribution in [0.4, 0.5) is 10.5 Å². The van der Waals surface area contributed by atoms with Crippen molar-refractivity contribution in [1.82, 2.24) is 4.90 Å². The molecule has 3 nitrogen and oxygen atoms in total. The second-order valence-corrected chi connectivity index (χ2v) is 6.73. The van der Waals surface area contributed by atoms with Crippen LogP contribution in [0.2, 0.25) is 10.0 Å². The van der Waals surface area contributed by atoms with Crippen molar-refractivity contribution < 1.29 is 4.79 Å². The van der Waals surface area contributed by atoms with Crippen LogP contribution in [0.25, 0.3) is 0 Å². The van der Waals surface area contributed by atoms with Crippen LogP contribution in [0.15, 0.2) is 78.9 Å². The third kappa shape index (κ3) is 5.01. The molecule has 0 radical (unpaired) electrons. The van der Waals surface area contributed by atoms with Crippen molar-refractivity contribution in [1.29, 1.82) is 0 Å². The number of hydrogen-bond acceptors (Lipinski definition) is 1. The summed E-state index contributed by atoms with van der Waals surface area (Å²) >= 11 is 12.1. The molecule has 0 aliphatic heterocycles. The van der Waals surface area contributed by atoms with Crippen LogP contribution in [0.3, 0.4) is 0 Å². The first kappa shape index (κ1) is 18.3. The Kier molecular flexibility index (Phi) is 6.16. The summed E-state index contributed by atoms with van der Waals surface area (Å²) in [6.45, 7) is 0.986. The number of benzene rings is 3. The molecule has 3 rings (SSSR count). The van der Waals surface area contributed by atoms with E-state index >= 15 is 0 Å². The minimum atomic E-state index is -0.220. The fourth-order valence-electron chi connectivity index (χ4n) is 2.59. The molecule has 5 heteroatoms. The van der Waals surface area contributed by atoms with Crippen LogP contribution in [-0.2, 0) is 13.1 Å². The Balaban J connectivity index is 1.80. The van der Waals surface area contributed by atoms with E-state index in [1.165, 1.54) is 0 Å². The Labute approximate surface area is 163 Å². The highest BCUT2D eigenvalue weighted by molar-refractivity contribution is 6.36. The molecule has 0 saturated heterocycles. The van der Waals surface area contributed by atoms with Gasteiger partial charge in [-0.2, -0.15) is 0 Å². The number of carbonyl (C=O) groups excluding carboxylic acids is 1. The predicted octanol–water partition coefficient (Wildman–Crippen LogP) is 6.23. The first-order valence-electron chi connectivity index (χ1n) is 8.20. The van der Waals surface area contributed by atoms with Gasteiger partial charge in [0.1, 0.15) is 0 Å². The summed E-state index contributed by atoms with van der Waals surface area (Å²) < 4.78 is 0. The molecule has 0 aromatic heterocycles. The van der Waals surface area contributed by atoms with Gasteiger partial charge in [-0.1, -0.05) is 83.9 Å². The first-order chi connectivity index (χ1) is 12.6. The fraction of sp³-hybridized carbons (Fsp3) is 0.0952. The van der Waals surface area contributed by atoms with Crippen molar-refractivity contribution in [3.63, 3.8) is 0 Å². The second-order valence-electron chi connectivity index (χ2n) is 5.88. The van der Waals surface area contributed by atoms with Gasteiger partial charge in [0.15, 0.2) is 0 Å². The SMILES string of the molecule is O=C(Nc1ccc(Cl)cc1Cl)N(Cc1ccccc1)Cc1ccccc1. The molecule has 0 bridgehead atoms. The van der Waals surface area contributed by atoms with E-state index in [4.69, 9.17) is 23.2 Å². The molecule has 1 N–H and O–H groups in total. The van der Waals surface area contributed by atoms with Crippen molar-refractivity contribution in [3.8, 4) is 0 Å². The number of rotatable bonds is 5. The molecule has 0 aliphatic rings. The van der Waals surface area contributed by atoms with Gasteiger partial charge in [0.25, 0.3) is 0 Å². The van der Waals surface area contributed by atoms with Gasteiger partial charge >= 0.3 is 6.03 Å². The molecule has 26 heavy (non-hydrogen) atoms. The summed E-state index contributed by atoms with van der Waals surface area (Å²) in [6, 6.07) is 24.5. The number of anilines is 1. The standard InChI is InChI=1S/C21H18Cl2N2O/c22-18-11-12-20(19(23)13-18)24-21(26)25(14-16-7-3-1-4-8-16)15-17-9-5-2-6-10-17/h1-13H,14-15H2,(H,24,26). The average molecular weight is 385 g/mol. The smallest absolute Gasteiger partial charge is 0.316 e. The highest BCUT2D eigenvalue weighted by Crippen LogP contribution is 2.26. The summed E-state index contributed by atoms with van der Waals surface area (Å²) in [7, 11) is 0. The molecule has 0 heterocycles. The van der Waals surface area contributed by atoms with Gasteiger partial charge in [0.05, 0.1) is 10.7 Å². The Morgan fingerprint density at radius 3 is 1.85 bits per heavy atom. The molecular weight excluding hydrogens is 367 g/mol. The second kappa shape index (κ2) is 8.75. The van der Waals surface area contributed by atoms with Crippen LogP contribution in [0, 0.1) is 0 Å². The Bertz CT molecular complexity index is 828. The highest BCUT2D eigenvalue weighted by Gasteiger charge is 2.16. The van der Waals surface area contributed by atoms with Crippen molar-refractivity contribution in [2.24, 2.45) is 0 Å². The lowest BCUT2D eigenvalue weighted by Crippen LogP contribution is -2.34. The zero-order valence-corrected chi connectivity index (χ0v) is 15.5. The van der Waals surface area contributed by atoms with E-state index in [2.05, 4.69) is 5.32 Å². The van der Waals surface area contributed by atoms with Gasteiger partial charge < -0.3 is 10.2 Å². The number of nitrogens with zero attached hydrogens (tertiary/aromatic N) is 1. The lowest BCUT2D eigenvalue weighted by Gasteiger charge is -2.24. The van der Waals surface area contributed by atoms with E-state index < -0.39 is 0 Å². The minimum absolute atomic E-state index is 0.220. The van der Waals surface area contributed by atoms with E-state index in [1.54, 1.807) is 23.1 Å². The maximum Gasteiger partial charge on any atom is 0.322 e. The highest BCUT2D eigenvalue weighted by atomic mass is 35.5. The molecule has 0 aliphatic carbocycles. The van der Waals surface area contributed by atoms with Gasteiger partial charge in [-0.05, 0) is 29.3 Å². The molecule has 0 saturated carbocycles. The quantitative estimate of drug-likeness (QED) is 0.555. The van der Waals surface area contributed by atoms with E-state index in [-0.39, 0.29) is 6.03 Å². The zero-order chi connectivity index (χ0) is 18.4. The molecule has 0 atom stereocenters. The number of nitrogens with one attached hydrogen (secondary N) is 1. The molecule has 3 aromatic carbocycles. The van der Waals surface area contributed by atoms with Gasteiger partial charge in [0, 0.05) is 18.1 Å². The zero-order valence-electron chi connectivity index (χ0n) is 14.0. The van der Waals surface area contributed by atoms with Crippen LogP contribution in [-0.4, -0.2) is 10.9 Å². The van der Waals surface area contributed by atoms with Crippen molar-refractivity contribution >= 4 is 34.9 Å². The van der Waals surface area contributed by atoms with E-state index in [0.717, 1.165) is 11.1 Å². The van der Waals surface area contributed by atoms with Crippen LogP contribution in [0.1, 0.15) is 11.1 Å². The third-order valence-electron chi connectivity index (χ3n) is 3.89. The maximum atomic E-state index is 12.9. The Hall–Kier alpha value is -2.49. The monoisotopic (exact) mass is 384 g/mol. The van der Waals surface area contributed by atoms with Gasteiger partial charge in [-0.3, -0.25) is 0 Å². The summed E-state index contributed by atoms with van der Waals surface area (Å²) in [4.78, 5) is 14.6. The number of urea groups is 1. The van der Waals surface area contributed by atoms with Gasteiger partial charge in [-0.15, -0.1) is 0 Å². The maximum absolute atomic E-state index is 12.9. The average Bonchev–Trinajstić information content (AvgIpc) is 2.65. The molecule has 0 spiro atoms. The first-order valence-corrected chi connectivity index (χ1v) is 8.96. The number of carbonyl (C=O) groups is 1. The molecular formula is C21H18Cl2N2O. The van der Waals surface area contributed by atoms with Gasteiger partial charge in [-0.25, -0.2) is 4.79 Å². The topological polar surface area (TPSA) is 32.3 Å². The van der Waals surface area contributed by atoms with Crippen molar-refractivity contribution in [2.45, 2.75) is 13.1 Å². The van der Waals surface area contributed by atoms with E-state index in [0.29, 0.717) is 28.8 Å².